The van der Waals surface area contributed by atoms with E-state index in [0.29, 0.717) is 25.9 Å². The van der Waals surface area contributed by atoms with Gasteiger partial charge in [-0.15, -0.1) is 0 Å². The topological polar surface area (TPSA) is 92.8 Å². The maximum Gasteiger partial charge on any atom is 0.288 e. The molecule has 14 heteroatoms. The molecule has 0 saturated carbocycles. The van der Waals surface area contributed by atoms with E-state index in [2.05, 4.69) is 18.2 Å². The van der Waals surface area contributed by atoms with E-state index >= 15 is 17.6 Å². The lowest BCUT2D eigenvalue weighted by molar-refractivity contribution is -0.384. The quantitative estimate of drug-likeness (QED) is 0.0937. The van der Waals surface area contributed by atoms with E-state index in [1.54, 1.807) is 4.90 Å². The van der Waals surface area contributed by atoms with Crippen molar-refractivity contribution in [3.63, 3.8) is 0 Å². The van der Waals surface area contributed by atoms with E-state index in [0.717, 1.165) is 52.7 Å². The largest absolute Gasteiger partial charge is 0.367 e. The zero-order chi connectivity index (χ0) is 36.1. The third-order valence-electron chi connectivity index (χ3n) is 9.98. The Morgan fingerprint density at radius 1 is 0.627 bits per heavy atom. The second kappa shape index (κ2) is 13.6. The van der Waals surface area contributed by atoms with Gasteiger partial charge in [-0.25, -0.2) is 17.6 Å². The Bertz CT molecular complexity index is 2120. The van der Waals surface area contributed by atoms with Crippen molar-refractivity contribution in [2.75, 3.05) is 22.9 Å². The summed E-state index contributed by atoms with van der Waals surface area (Å²) in [6.07, 6.45) is 1.39. The van der Waals surface area contributed by atoms with E-state index in [1.165, 1.54) is 4.90 Å². The number of hydrogen-bond donors (Lipinski definition) is 0. The molecule has 2 aliphatic rings. The molecule has 2 saturated heterocycles. The number of nitro groups is 2. The van der Waals surface area contributed by atoms with Gasteiger partial charge in [0.2, 0.25) is 0 Å². The predicted octanol–water partition coefficient (Wildman–Crippen LogP) is 11.0. The first-order valence-corrected chi connectivity index (χ1v) is 16.9. The minimum atomic E-state index is -1.09. The van der Waals surface area contributed by atoms with Crippen LogP contribution in [0.25, 0.3) is 10.8 Å². The van der Waals surface area contributed by atoms with Crippen LogP contribution in [0.2, 0.25) is 10.0 Å². The molecule has 2 atom stereocenters. The van der Waals surface area contributed by atoms with Crippen molar-refractivity contribution in [1.29, 1.82) is 0 Å². The Morgan fingerprint density at radius 3 is 1.65 bits per heavy atom. The van der Waals surface area contributed by atoms with Gasteiger partial charge in [-0.1, -0.05) is 65.7 Å². The molecular formula is C37H28Cl2F4N4O4. The van der Waals surface area contributed by atoms with Gasteiger partial charge in [0, 0.05) is 42.0 Å². The lowest BCUT2D eigenvalue weighted by atomic mass is 9.88. The van der Waals surface area contributed by atoms with Crippen LogP contribution in [0, 0.1) is 43.5 Å². The third-order valence-corrected chi connectivity index (χ3v) is 10.6. The van der Waals surface area contributed by atoms with E-state index in [4.69, 9.17) is 23.2 Å². The highest BCUT2D eigenvalue weighted by molar-refractivity contribution is 6.33. The van der Waals surface area contributed by atoms with Crippen molar-refractivity contribution in [2.24, 2.45) is 0 Å². The highest BCUT2D eigenvalue weighted by Crippen LogP contribution is 2.51. The highest BCUT2D eigenvalue weighted by Gasteiger charge is 2.41. The van der Waals surface area contributed by atoms with Crippen molar-refractivity contribution in [2.45, 2.75) is 43.7 Å². The first-order chi connectivity index (χ1) is 24.4. The van der Waals surface area contributed by atoms with Gasteiger partial charge in [0.1, 0.15) is 27.4 Å². The smallest absolute Gasteiger partial charge is 0.288 e. The fraction of sp³-hybridized carbons (Fsp3) is 0.243. The van der Waals surface area contributed by atoms with Crippen LogP contribution >= 0.6 is 23.2 Å². The molecule has 0 radical (unpaired) electrons. The van der Waals surface area contributed by atoms with Gasteiger partial charge in [-0.3, -0.25) is 20.2 Å². The number of nitro benzene ring substituents is 2. The summed E-state index contributed by atoms with van der Waals surface area (Å²) in [5, 5.41) is 24.7. The number of fused-ring (bicyclic) bond motifs is 1. The molecule has 2 heterocycles. The maximum absolute atomic E-state index is 16.1. The second-order valence-electron chi connectivity index (χ2n) is 12.8. The molecule has 2 fully saturated rings. The number of anilines is 2. The lowest BCUT2D eigenvalue weighted by Crippen LogP contribution is -2.34. The highest BCUT2D eigenvalue weighted by atomic mass is 35.5. The van der Waals surface area contributed by atoms with Gasteiger partial charge in [-0.2, -0.15) is 0 Å². The molecule has 2 unspecified atom stereocenters. The molecule has 0 amide bonds. The number of rotatable bonds is 7. The molecule has 2 aliphatic heterocycles. The van der Waals surface area contributed by atoms with Crippen LogP contribution < -0.4 is 9.80 Å². The number of piperidine rings is 1. The van der Waals surface area contributed by atoms with Gasteiger partial charge in [-0.05, 0) is 72.2 Å². The van der Waals surface area contributed by atoms with Crippen molar-refractivity contribution >= 4 is 56.7 Å². The Balaban J connectivity index is 1.24. The summed E-state index contributed by atoms with van der Waals surface area (Å²) in [4.78, 5) is 24.8. The normalized spacial score (nSPS) is 18.1. The Kier molecular flexibility index (Phi) is 9.23. The molecule has 262 valence electrons. The fourth-order valence-electron chi connectivity index (χ4n) is 7.58. The first kappa shape index (κ1) is 34.5. The Labute approximate surface area is 299 Å². The Hall–Kier alpha value is -4.94. The average Bonchev–Trinajstić information content (AvgIpc) is 3.52. The molecule has 0 aliphatic carbocycles. The molecule has 7 rings (SSSR count). The van der Waals surface area contributed by atoms with Gasteiger partial charge >= 0.3 is 0 Å². The van der Waals surface area contributed by atoms with Gasteiger partial charge in [0.25, 0.3) is 11.4 Å². The summed E-state index contributed by atoms with van der Waals surface area (Å²) in [5.41, 5.74) is -0.809. The summed E-state index contributed by atoms with van der Waals surface area (Å²) < 4.78 is 63.3. The molecule has 0 N–H and O–H groups in total. The van der Waals surface area contributed by atoms with Crippen LogP contribution in [0.15, 0.2) is 78.9 Å². The molecule has 0 spiro atoms. The monoisotopic (exact) mass is 738 g/mol. The fourth-order valence-corrected chi connectivity index (χ4v) is 8.02. The Morgan fingerprint density at radius 2 is 1.14 bits per heavy atom. The zero-order valence-corrected chi connectivity index (χ0v) is 28.2. The number of hydrogen-bond acceptors (Lipinski definition) is 6. The van der Waals surface area contributed by atoms with Crippen LogP contribution in [-0.2, 0) is 0 Å². The van der Waals surface area contributed by atoms with Crippen molar-refractivity contribution in [1.82, 2.24) is 0 Å². The third kappa shape index (κ3) is 6.42. The lowest BCUT2D eigenvalue weighted by Gasteiger charge is -2.36. The second-order valence-corrected chi connectivity index (χ2v) is 13.6. The molecule has 0 aromatic heterocycles. The van der Waals surface area contributed by atoms with Gasteiger partial charge in [0.15, 0.2) is 11.6 Å². The SMILES string of the molecule is O=[N+]([O-])c1cc(C2CCC(c3cc([N+](=O)[O-])c(Cl)cc3F)N2c2cc(F)c(N3CCC(c4ccc5ccccc5c4)CC3)c(F)c2)c(F)cc1Cl. The van der Waals surface area contributed by atoms with Crippen molar-refractivity contribution < 1.29 is 27.4 Å². The van der Waals surface area contributed by atoms with Crippen molar-refractivity contribution in [3.8, 4) is 0 Å². The van der Waals surface area contributed by atoms with Crippen molar-refractivity contribution in [3.05, 3.63) is 149 Å². The van der Waals surface area contributed by atoms with Crippen LogP contribution in [0.5, 0.6) is 0 Å². The summed E-state index contributed by atoms with van der Waals surface area (Å²) in [5.74, 6) is -3.47. The standard InChI is InChI=1S/C37H28Cl2F4N4O4/c38-27-18-29(40)25(16-35(27)46(48)49)33-7-8-34(26-17-36(47(50)51)28(39)19-30(26)41)45(33)24-14-31(42)37(32(43)15-24)44-11-9-21(10-12-44)23-6-5-20-3-1-2-4-22(20)13-23/h1-6,13-19,21,33-34H,7-12H2. The molecule has 8 nitrogen and oxygen atoms in total. The molecule has 5 aromatic rings. The first-order valence-electron chi connectivity index (χ1n) is 16.2. The van der Waals surface area contributed by atoms with E-state index in [1.807, 2.05) is 24.3 Å². The predicted molar refractivity (Wildman–Crippen MR) is 188 cm³/mol. The summed E-state index contributed by atoms with van der Waals surface area (Å²) in [6.45, 7) is 0.748. The number of halogens is 6. The maximum atomic E-state index is 16.1. The number of nitrogens with zero attached hydrogens (tertiary/aromatic N) is 4. The van der Waals surface area contributed by atoms with Crippen LogP contribution in [-0.4, -0.2) is 22.9 Å². The summed E-state index contributed by atoms with van der Waals surface area (Å²) >= 11 is 11.9. The minimum Gasteiger partial charge on any atom is -0.367 e. The number of benzene rings is 5. The van der Waals surface area contributed by atoms with Crippen LogP contribution in [0.3, 0.4) is 0 Å². The summed E-state index contributed by atoms with van der Waals surface area (Å²) in [6, 6.07) is 17.7. The van der Waals surface area contributed by atoms with E-state index in [-0.39, 0.29) is 41.3 Å². The van der Waals surface area contributed by atoms with Crippen LogP contribution in [0.1, 0.15) is 60.4 Å². The minimum absolute atomic E-state index is 0.0452. The molecule has 0 bridgehead atoms. The van der Waals surface area contributed by atoms with E-state index in [9.17, 15) is 20.2 Å². The zero-order valence-electron chi connectivity index (χ0n) is 26.7. The molecular weight excluding hydrogens is 711 g/mol. The van der Waals surface area contributed by atoms with Gasteiger partial charge < -0.3 is 9.80 Å². The molecule has 5 aromatic carbocycles. The molecule has 51 heavy (non-hydrogen) atoms. The summed E-state index contributed by atoms with van der Waals surface area (Å²) in [7, 11) is 0. The average molecular weight is 740 g/mol. The van der Waals surface area contributed by atoms with Gasteiger partial charge in [0.05, 0.1) is 21.9 Å². The van der Waals surface area contributed by atoms with E-state index < -0.39 is 66.6 Å². The van der Waals surface area contributed by atoms with Crippen LogP contribution in [0.4, 0.5) is 40.3 Å².